The monoisotopic (exact) mass is 184 g/mol. The molecular formula is C9H16N2O2. The molecule has 0 aliphatic carbocycles. The second-order valence-corrected chi connectivity index (χ2v) is 3.85. The van der Waals surface area contributed by atoms with Gasteiger partial charge in [-0.2, -0.15) is 0 Å². The van der Waals surface area contributed by atoms with Gasteiger partial charge in [0.2, 0.25) is 5.91 Å². The molecule has 13 heavy (non-hydrogen) atoms. The van der Waals surface area contributed by atoms with Gasteiger partial charge in [-0.15, -0.1) is 0 Å². The van der Waals surface area contributed by atoms with Gasteiger partial charge in [-0.3, -0.25) is 4.79 Å². The Balaban J connectivity index is 1.98. The van der Waals surface area contributed by atoms with Gasteiger partial charge in [0.05, 0.1) is 12.1 Å². The summed E-state index contributed by atoms with van der Waals surface area (Å²) in [5.74, 6) is 0.113. The van der Waals surface area contributed by atoms with Crippen molar-refractivity contribution in [1.29, 1.82) is 0 Å². The molecule has 4 heteroatoms. The van der Waals surface area contributed by atoms with Crippen LogP contribution in [0, 0.1) is 0 Å². The molecule has 2 rings (SSSR count). The number of nitrogens with two attached hydrogens (primary N) is 1. The summed E-state index contributed by atoms with van der Waals surface area (Å²) < 4.78 is 5.52. The van der Waals surface area contributed by atoms with Crippen molar-refractivity contribution in [3.8, 4) is 0 Å². The first-order valence-corrected chi connectivity index (χ1v) is 4.94. The molecule has 0 bridgehead atoms. The summed E-state index contributed by atoms with van der Waals surface area (Å²) in [6, 6.07) is 0.115. The van der Waals surface area contributed by atoms with Crippen molar-refractivity contribution in [2.75, 3.05) is 6.61 Å². The SMILES string of the molecule is N[C@@H]1CCC(=O)N[C@H]1[C@H]1CCCO1. The number of nitrogens with one attached hydrogen (secondary N) is 1. The molecule has 0 unspecified atom stereocenters. The first-order valence-electron chi connectivity index (χ1n) is 4.94. The lowest BCUT2D eigenvalue weighted by atomic mass is 9.93. The fourth-order valence-corrected chi connectivity index (χ4v) is 2.10. The molecule has 0 saturated carbocycles. The molecular weight excluding hydrogens is 168 g/mol. The molecule has 0 radical (unpaired) electrons. The van der Waals surface area contributed by atoms with Crippen LogP contribution in [0.5, 0.6) is 0 Å². The van der Waals surface area contributed by atoms with Gasteiger partial charge in [-0.1, -0.05) is 0 Å². The first kappa shape index (κ1) is 8.97. The molecule has 0 aromatic heterocycles. The van der Waals surface area contributed by atoms with Gasteiger partial charge in [0.15, 0.2) is 0 Å². The van der Waals surface area contributed by atoms with Gasteiger partial charge >= 0.3 is 0 Å². The number of ether oxygens (including phenoxy) is 1. The Morgan fingerprint density at radius 2 is 2.31 bits per heavy atom. The number of hydrogen-bond donors (Lipinski definition) is 2. The van der Waals surface area contributed by atoms with Crippen molar-refractivity contribution < 1.29 is 9.53 Å². The van der Waals surface area contributed by atoms with Gasteiger partial charge in [-0.25, -0.2) is 0 Å². The zero-order valence-electron chi connectivity index (χ0n) is 7.66. The third kappa shape index (κ3) is 1.84. The van der Waals surface area contributed by atoms with E-state index in [1.54, 1.807) is 0 Å². The van der Waals surface area contributed by atoms with Crippen LogP contribution < -0.4 is 11.1 Å². The number of rotatable bonds is 1. The van der Waals surface area contributed by atoms with Crippen LogP contribution in [-0.4, -0.2) is 30.7 Å². The summed E-state index contributed by atoms with van der Waals surface area (Å²) in [6.07, 6.45) is 3.61. The highest BCUT2D eigenvalue weighted by molar-refractivity contribution is 5.77. The third-order valence-electron chi connectivity index (χ3n) is 2.86. The second-order valence-electron chi connectivity index (χ2n) is 3.85. The van der Waals surface area contributed by atoms with E-state index in [1.165, 1.54) is 0 Å². The summed E-state index contributed by atoms with van der Waals surface area (Å²) in [5.41, 5.74) is 5.93. The molecule has 2 heterocycles. The fourth-order valence-electron chi connectivity index (χ4n) is 2.10. The molecule has 2 aliphatic rings. The number of amides is 1. The smallest absolute Gasteiger partial charge is 0.220 e. The minimum absolute atomic E-state index is 0.0451. The van der Waals surface area contributed by atoms with Crippen LogP contribution in [-0.2, 0) is 9.53 Å². The Morgan fingerprint density at radius 3 is 3.00 bits per heavy atom. The van der Waals surface area contributed by atoms with Crippen LogP contribution >= 0.6 is 0 Å². The number of hydrogen-bond acceptors (Lipinski definition) is 3. The molecule has 0 aromatic rings. The van der Waals surface area contributed by atoms with Crippen LogP contribution in [0.1, 0.15) is 25.7 Å². The van der Waals surface area contributed by atoms with E-state index < -0.39 is 0 Å². The highest BCUT2D eigenvalue weighted by Gasteiger charge is 2.34. The average molecular weight is 184 g/mol. The summed E-state index contributed by atoms with van der Waals surface area (Å²) in [6.45, 7) is 0.809. The lowest BCUT2D eigenvalue weighted by Crippen LogP contribution is -2.57. The lowest BCUT2D eigenvalue weighted by molar-refractivity contribution is -0.125. The van der Waals surface area contributed by atoms with Gasteiger partial charge in [0.1, 0.15) is 0 Å². The molecule has 74 valence electrons. The Morgan fingerprint density at radius 1 is 1.46 bits per heavy atom. The summed E-state index contributed by atoms with van der Waals surface area (Å²) in [4.78, 5) is 11.2. The maximum atomic E-state index is 11.2. The second kappa shape index (κ2) is 3.64. The van der Waals surface area contributed by atoms with Gasteiger partial charge in [0.25, 0.3) is 0 Å². The molecule has 3 N–H and O–H groups in total. The molecule has 2 saturated heterocycles. The number of carbonyl (C=O) groups excluding carboxylic acids is 1. The highest BCUT2D eigenvalue weighted by atomic mass is 16.5. The van der Waals surface area contributed by atoms with Crippen molar-refractivity contribution >= 4 is 5.91 Å². The molecule has 4 nitrogen and oxygen atoms in total. The Kier molecular flexibility index (Phi) is 2.51. The zero-order valence-corrected chi connectivity index (χ0v) is 7.66. The molecule has 1 amide bonds. The van der Waals surface area contributed by atoms with Crippen LogP contribution in [0.2, 0.25) is 0 Å². The standard InChI is InChI=1S/C9H16N2O2/c10-6-3-4-8(12)11-9(6)7-2-1-5-13-7/h6-7,9H,1-5,10H2,(H,11,12)/t6-,7-,9-/m1/s1. The maximum Gasteiger partial charge on any atom is 0.220 e. The summed E-state index contributed by atoms with van der Waals surface area (Å²) in [5, 5.41) is 2.92. The normalized spacial score (nSPS) is 40.4. The minimum Gasteiger partial charge on any atom is -0.376 e. The largest absolute Gasteiger partial charge is 0.376 e. The fraction of sp³-hybridized carbons (Fsp3) is 0.889. The van der Waals surface area contributed by atoms with Crippen molar-refractivity contribution in [2.45, 2.75) is 43.9 Å². The van der Waals surface area contributed by atoms with Crippen LogP contribution in [0.25, 0.3) is 0 Å². The van der Waals surface area contributed by atoms with Crippen LogP contribution in [0.15, 0.2) is 0 Å². The van der Waals surface area contributed by atoms with E-state index >= 15 is 0 Å². The van der Waals surface area contributed by atoms with Gasteiger partial charge in [-0.05, 0) is 19.3 Å². The topological polar surface area (TPSA) is 64.4 Å². The summed E-state index contributed by atoms with van der Waals surface area (Å²) >= 11 is 0. The first-order chi connectivity index (χ1) is 6.27. The minimum atomic E-state index is 0.0451. The molecule has 0 spiro atoms. The third-order valence-corrected chi connectivity index (χ3v) is 2.86. The molecule has 2 aliphatic heterocycles. The van der Waals surface area contributed by atoms with Gasteiger partial charge < -0.3 is 15.8 Å². The van der Waals surface area contributed by atoms with Crippen LogP contribution in [0.4, 0.5) is 0 Å². The Hall–Kier alpha value is -0.610. The average Bonchev–Trinajstić information content (AvgIpc) is 2.61. The van der Waals surface area contributed by atoms with Crippen LogP contribution in [0.3, 0.4) is 0 Å². The number of carbonyl (C=O) groups is 1. The predicted octanol–water partition coefficient (Wildman–Crippen LogP) is -0.229. The number of piperidine rings is 1. The Labute approximate surface area is 77.8 Å². The van der Waals surface area contributed by atoms with E-state index in [0.29, 0.717) is 6.42 Å². The van der Waals surface area contributed by atoms with E-state index in [4.69, 9.17) is 10.5 Å². The van der Waals surface area contributed by atoms with E-state index in [0.717, 1.165) is 25.9 Å². The molecule has 2 fully saturated rings. The lowest BCUT2D eigenvalue weighted by Gasteiger charge is -2.33. The van der Waals surface area contributed by atoms with E-state index in [9.17, 15) is 4.79 Å². The van der Waals surface area contributed by atoms with Crippen molar-refractivity contribution in [2.24, 2.45) is 5.73 Å². The molecule has 3 atom stereocenters. The summed E-state index contributed by atoms with van der Waals surface area (Å²) in [7, 11) is 0. The van der Waals surface area contributed by atoms with Crippen molar-refractivity contribution in [3.05, 3.63) is 0 Å². The zero-order chi connectivity index (χ0) is 9.26. The van der Waals surface area contributed by atoms with E-state index in [1.807, 2.05) is 0 Å². The maximum absolute atomic E-state index is 11.2. The Bertz CT molecular complexity index is 202. The quantitative estimate of drug-likeness (QED) is 0.591. The van der Waals surface area contributed by atoms with E-state index in [2.05, 4.69) is 5.32 Å². The van der Waals surface area contributed by atoms with Crippen molar-refractivity contribution in [1.82, 2.24) is 5.32 Å². The highest BCUT2D eigenvalue weighted by Crippen LogP contribution is 2.21. The van der Waals surface area contributed by atoms with Gasteiger partial charge in [0, 0.05) is 19.1 Å². The van der Waals surface area contributed by atoms with Crippen molar-refractivity contribution in [3.63, 3.8) is 0 Å². The molecule has 0 aromatic carbocycles. The predicted molar refractivity (Wildman–Crippen MR) is 48.1 cm³/mol. The van der Waals surface area contributed by atoms with E-state index in [-0.39, 0.29) is 24.1 Å².